The van der Waals surface area contributed by atoms with Crippen molar-refractivity contribution in [3.63, 3.8) is 0 Å². The molecule has 6 heteroatoms. The summed E-state index contributed by atoms with van der Waals surface area (Å²) in [6.07, 6.45) is 4.33. The normalized spacial score (nSPS) is 12.6. The highest BCUT2D eigenvalue weighted by Crippen LogP contribution is 2.15. The fraction of sp³-hybridized carbons (Fsp3) is 0.385. The lowest BCUT2D eigenvalue weighted by molar-refractivity contribution is 0.487. The van der Waals surface area contributed by atoms with Crippen LogP contribution in [0.25, 0.3) is 0 Å². The van der Waals surface area contributed by atoms with Crippen molar-refractivity contribution in [2.75, 3.05) is 6.54 Å². The van der Waals surface area contributed by atoms with E-state index in [2.05, 4.69) is 15.6 Å². The van der Waals surface area contributed by atoms with Gasteiger partial charge in [-0.2, -0.15) is 0 Å². The zero-order valence-electron chi connectivity index (χ0n) is 10.7. The van der Waals surface area contributed by atoms with Gasteiger partial charge in [-0.1, -0.05) is 11.3 Å². The van der Waals surface area contributed by atoms with Crippen molar-refractivity contribution < 1.29 is 8.78 Å². The largest absolute Gasteiger partial charge is 0.310 e. The molecule has 1 atom stereocenters. The zero-order chi connectivity index (χ0) is 13.7. The summed E-state index contributed by atoms with van der Waals surface area (Å²) in [5.41, 5.74) is 0.736. The number of benzene rings is 1. The number of nitrogens with one attached hydrogen (secondary N) is 1. The molecule has 0 bridgehead atoms. The van der Waals surface area contributed by atoms with Crippen molar-refractivity contribution in [1.82, 2.24) is 20.3 Å². The van der Waals surface area contributed by atoms with Crippen molar-refractivity contribution in [2.45, 2.75) is 25.9 Å². The molecule has 1 heterocycles. The van der Waals surface area contributed by atoms with Gasteiger partial charge in [0.25, 0.3) is 0 Å². The summed E-state index contributed by atoms with van der Waals surface area (Å²) < 4.78 is 27.7. The fourth-order valence-electron chi connectivity index (χ4n) is 1.81. The van der Waals surface area contributed by atoms with E-state index in [4.69, 9.17) is 0 Å². The second kappa shape index (κ2) is 6.38. The van der Waals surface area contributed by atoms with Crippen LogP contribution in [-0.2, 0) is 6.54 Å². The van der Waals surface area contributed by atoms with E-state index in [0.717, 1.165) is 31.1 Å². The first-order valence-corrected chi connectivity index (χ1v) is 6.19. The molecule has 1 N–H and O–H groups in total. The molecule has 1 unspecified atom stereocenters. The molecule has 0 amide bonds. The quantitative estimate of drug-likeness (QED) is 0.816. The minimum atomic E-state index is -0.817. The number of hydrogen-bond acceptors (Lipinski definition) is 3. The van der Waals surface area contributed by atoms with Crippen LogP contribution in [0.3, 0.4) is 0 Å². The lowest BCUT2D eigenvalue weighted by atomic mass is 10.1. The Morgan fingerprint density at radius 1 is 1.32 bits per heavy atom. The summed E-state index contributed by atoms with van der Waals surface area (Å²) >= 11 is 0. The highest BCUT2D eigenvalue weighted by atomic mass is 19.2. The number of aromatic nitrogens is 3. The number of aryl methyl sites for hydroxylation is 1. The molecule has 1 aromatic heterocycles. The fourth-order valence-corrected chi connectivity index (χ4v) is 1.81. The minimum Gasteiger partial charge on any atom is -0.310 e. The van der Waals surface area contributed by atoms with E-state index in [1.54, 1.807) is 23.1 Å². The van der Waals surface area contributed by atoms with Crippen molar-refractivity contribution in [1.29, 1.82) is 0 Å². The van der Waals surface area contributed by atoms with Gasteiger partial charge in [0.2, 0.25) is 0 Å². The predicted molar refractivity (Wildman–Crippen MR) is 67.4 cm³/mol. The molecular formula is C13H16F2N4. The number of hydrogen-bond donors (Lipinski definition) is 1. The smallest absolute Gasteiger partial charge is 0.159 e. The molecule has 2 aromatic rings. The molecule has 2 rings (SSSR count). The van der Waals surface area contributed by atoms with Gasteiger partial charge in [-0.15, -0.1) is 5.10 Å². The van der Waals surface area contributed by atoms with Crippen LogP contribution in [0.4, 0.5) is 8.78 Å². The Hall–Kier alpha value is -1.82. The Balaban J connectivity index is 1.77. The predicted octanol–water partition coefficient (Wildman–Crippen LogP) is 2.30. The third kappa shape index (κ3) is 3.82. The van der Waals surface area contributed by atoms with Crippen LogP contribution in [0, 0.1) is 11.6 Å². The van der Waals surface area contributed by atoms with E-state index in [1.807, 2.05) is 6.92 Å². The maximum atomic E-state index is 13.1. The van der Waals surface area contributed by atoms with Gasteiger partial charge in [0, 0.05) is 18.8 Å². The standard InChI is InChI=1S/C13H16F2N4/c1-10(11-3-4-12(14)13(15)9-11)16-5-2-7-19-8-6-17-18-19/h3-4,6,8-10,16H,2,5,7H2,1H3. The van der Waals surface area contributed by atoms with Crippen molar-refractivity contribution in [3.05, 3.63) is 47.8 Å². The van der Waals surface area contributed by atoms with Gasteiger partial charge in [0.05, 0.1) is 6.20 Å². The van der Waals surface area contributed by atoms with Crippen LogP contribution in [0.5, 0.6) is 0 Å². The van der Waals surface area contributed by atoms with Gasteiger partial charge in [-0.3, -0.25) is 4.68 Å². The Morgan fingerprint density at radius 3 is 2.84 bits per heavy atom. The first kappa shape index (κ1) is 13.6. The zero-order valence-corrected chi connectivity index (χ0v) is 10.7. The van der Waals surface area contributed by atoms with Crippen LogP contribution in [-0.4, -0.2) is 21.5 Å². The molecule has 0 saturated carbocycles. The van der Waals surface area contributed by atoms with Crippen LogP contribution in [0.15, 0.2) is 30.6 Å². The van der Waals surface area contributed by atoms with E-state index in [0.29, 0.717) is 0 Å². The van der Waals surface area contributed by atoms with Crippen LogP contribution in [0.1, 0.15) is 24.9 Å². The molecule has 0 radical (unpaired) electrons. The van der Waals surface area contributed by atoms with Gasteiger partial charge in [0.15, 0.2) is 11.6 Å². The van der Waals surface area contributed by atoms with E-state index in [9.17, 15) is 8.78 Å². The van der Waals surface area contributed by atoms with Gasteiger partial charge in [-0.05, 0) is 37.6 Å². The van der Waals surface area contributed by atoms with Gasteiger partial charge >= 0.3 is 0 Å². The molecule has 4 nitrogen and oxygen atoms in total. The van der Waals surface area contributed by atoms with E-state index < -0.39 is 11.6 Å². The van der Waals surface area contributed by atoms with Gasteiger partial charge < -0.3 is 5.32 Å². The molecule has 0 aliphatic carbocycles. The molecule has 19 heavy (non-hydrogen) atoms. The van der Waals surface area contributed by atoms with Gasteiger partial charge in [0.1, 0.15) is 0 Å². The summed E-state index contributed by atoms with van der Waals surface area (Å²) in [5, 5.41) is 10.8. The highest BCUT2D eigenvalue weighted by Gasteiger charge is 2.08. The SMILES string of the molecule is CC(NCCCn1ccnn1)c1ccc(F)c(F)c1. The lowest BCUT2D eigenvalue weighted by Gasteiger charge is -2.14. The molecule has 0 fully saturated rings. The number of halogens is 2. The second-order valence-corrected chi connectivity index (χ2v) is 4.37. The third-order valence-corrected chi connectivity index (χ3v) is 2.93. The molecule has 0 aliphatic rings. The highest BCUT2D eigenvalue weighted by molar-refractivity contribution is 5.20. The Bertz CT molecular complexity index is 513. The van der Waals surface area contributed by atoms with Gasteiger partial charge in [-0.25, -0.2) is 8.78 Å². The average molecular weight is 266 g/mol. The van der Waals surface area contributed by atoms with Crippen molar-refractivity contribution in [2.24, 2.45) is 0 Å². The Morgan fingerprint density at radius 2 is 2.16 bits per heavy atom. The van der Waals surface area contributed by atoms with Crippen molar-refractivity contribution in [3.8, 4) is 0 Å². The molecule has 0 spiro atoms. The molecule has 0 saturated heterocycles. The van der Waals surface area contributed by atoms with Crippen molar-refractivity contribution >= 4 is 0 Å². The molecule has 0 aliphatic heterocycles. The first-order valence-electron chi connectivity index (χ1n) is 6.19. The van der Waals surface area contributed by atoms with Crippen LogP contribution < -0.4 is 5.32 Å². The molecular weight excluding hydrogens is 250 g/mol. The topological polar surface area (TPSA) is 42.7 Å². The second-order valence-electron chi connectivity index (χ2n) is 4.37. The van der Waals surface area contributed by atoms with Crippen LogP contribution in [0.2, 0.25) is 0 Å². The third-order valence-electron chi connectivity index (χ3n) is 2.93. The summed E-state index contributed by atoms with van der Waals surface area (Å²) in [6.45, 7) is 3.46. The summed E-state index contributed by atoms with van der Waals surface area (Å²) in [5.74, 6) is -1.63. The molecule has 102 valence electrons. The monoisotopic (exact) mass is 266 g/mol. The summed E-state index contributed by atoms with van der Waals surface area (Å²) in [7, 11) is 0. The summed E-state index contributed by atoms with van der Waals surface area (Å²) in [6, 6.07) is 3.95. The minimum absolute atomic E-state index is 0.0224. The first-order chi connectivity index (χ1) is 9.16. The average Bonchev–Trinajstić information content (AvgIpc) is 2.91. The van der Waals surface area contributed by atoms with E-state index in [1.165, 1.54) is 6.07 Å². The lowest BCUT2D eigenvalue weighted by Crippen LogP contribution is -2.21. The maximum absolute atomic E-state index is 13.1. The molecule has 1 aromatic carbocycles. The van der Waals surface area contributed by atoms with E-state index in [-0.39, 0.29) is 6.04 Å². The Kier molecular flexibility index (Phi) is 4.57. The number of nitrogens with zero attached hydrogens (tertiary/aromatic N) is 3. The number of rotatable bonds is 6. The van der Waals surface area contributed by atoms with Crippen LogP contribution >= 0.6 is 0 Å². The maximum Gasteiger partial charge on any atom is 0.159 e. The summed E-state index contributed by atoms with van der Waals surface area (Å²) in [4.78, 5) is 0. The Labute approximate surface area is 110 Å². The van der Waals surface area contributed by atoms with E-state index >= 15 is 0 Å².